The molecule has 6 nitrogen and oxygen atoms in total. The summed E-state index contributed by atoms with van der Waals surface area (Å²) < 4.78 is 28.6. The molecule has 2 aromatic rings. The van der Waals surface area contributed by atoms with Crippen LogP contribution in [0.3, 0.4) is 0 Å². The van der Waals surface area contributed by atoms with Crippen LogP contribution in [-0.4, -0.2) is 24.1 Å². The minimum absolute atomic E-state index is 0.0369. The zero-order valence-corrected chi connectivity index (χ0v) is 13.2. The highest BCUT2D eigenvalue weighted by Crippen LogP contribution is 2.22. The number of rotatable bonds is 6. The molecule has 0 aliphatic heterocycles. The molecule has 0 saturated heterocycles. The van der Waals surface area contributed by atoms with Gasteiger partial charge in [0.2, 0.25) is 10.0 Å². The molecule has 0 aromatic carbocycles. The van der Waals surface area contributed by atoms with E-state index in [0.717, 1.165) is 4.88 Å². The Kier molecular flexibility index (Phi) is 4.50. The van der Waals surface area contributed by atoms with Crippen molar-refractivity contribution in [2.75, 3.05) is 0 Å². The predicted molar refractivity (Wildman–Crippen MR) is 80.1 cm³/mol. The van der Waals surface area contributed by atoms with Gasteiger partial charge >= 0.3 is 5.97 Å². The Morgan fingerprint density at radius 1 is 1.52 bits per heavy atom. The predicted octanol–water partition coefficient (Wildman–Crippen LogP) is 2.31. The van der Waals surface area contributed by atoms with Crippen LogP contribution in [0.5, 0.6) is 0 Å². The average molecular weight is 328 g/mol. The van der Waals surface area contributed by atoms with Gasteiger partial charge in [-0.2, -0.15) is 0 Å². The Bertz CT molecular complexity index is 732. The van der Waals surface area contributed by atoms with Crippen LogP contribution in [0.4, 0.5) is 0 Å². The molecule has 0 fully saturated rings. The van der Waals surface area contributed by atoms with Crippen molar-refractivity contribution in [1.29, 1.82) is 0 Å². The highest BCUT2D eigenvalue weighted by atomic mass is 32.2. The van der Waals surface area contributed by atoms with Crippen molar-refractivity contribution >= 4 is 27.3 Å². The fourth-order valence-corrected chi connectivity index (χ4v) is 4.04. The minimum atomic E-state index is -3.76. The highest BCUT2D eigenvalue weighted by molar-refractivity contribution is 7.89. The molecule has 2 N–H and O–H groups in total. The van der Waals surface area contributed by atoms with Crippen LogP contribution in [0, 0.1) is 0 Å². The zero-order chi connectivity index (χ0) is 15.6. The van der Waals surface area contributed by atoms with E-state index in [1.54, 1.807) is 13.8 Å². The smallest absolute Gasteiger partial charge is 0.352 e. The number of sulfonamides is 1. The number of carbonyl (C=O) groups is 1. The van der Waals surface area contributed by atoms with E-state index >= 15 is 0 Å². The lowest BCUT2D eigenvalue weighted by atomic mass is 10.3. The zero-order valence-electron chi connectivity index (χ0n) is 11.6. The van der Waals surface area contributed by atoms with E-state index < -0.39 is 16.0 Å². The number of nitrogens with zero attached hydrogens (tertiary/aromatic N) is 1. The minimum Gasteiger partial charge on any atom is -0.477 e. The molecule has 0 bridgehead atoms. The molecule has 2 heterocycles. The molecule has 2 rings (SSSR count). The van der Waals surface area contributed by atoms with E-state index in [1.807, 2.05) is 17.5 Å². The maximum atomic E-state index is 12.3. The van der Waals surface area contributed by atoms with Gasteiger partial charge in [0.25, 0.3) is 0 Å². The van der Waals surface area contributed by atoms with Crippen LogP contribution in [0.1, 0.15) is 35.3 Å². The molecule has 1 atom stereocenters. The van der Waals surface area contributed by atoms with Crippen molar-refractivity contribution in [2.45, 2.75) is 31.3 Å². The van der Waals surface area contributed by atoms with Crippen LogP contribution in [0.25, 0.3) is 0 Å². The number of nitrogens with one attached hydrogen (secondary N) is 1. The molecule has 0 aliphatic carbocycles. The monoisotopic (exact) mass is 328 g/mol. The summed E-state index contributed by atoms with van der Waals surface area (Å²) >= 11 is 1.46. The van der Waals surface area contributed by atoms with Crippen molar-refractivity contribution < 1.29 is 18.3 Å². The Hall–Kier alpha value is -1.64. The summed E-state index contributed by atoms with van der Waals surface area (Å²) in [6, 6.07) is 4.50. The van der Waals surface area contributed by atoms with Gasteiger partial charge in [0, 0.05) is 17.6 Å². The van der Waals surface area contributed by atoms with E-state index in [2.05, 4.69) is 4.72 Å². The fourth-order valence-electron chi connectivity index (χ4n) is 1.97. The van der Waals surface area contributed by atoms with Gasteiger partial charge in [0.1, 0.15) is 10.6 Å². The normalized spacial score (nSPS) is 13.2. The SMILES string of the molecule is CCn1cc(S(=O)(=O)N[C@H](C)c2cccs2)cc1C(=O)O. The van der Waals surface area contributed by atoms with Crippen LogP contribution in [-0.2, 0) is 16.6 Å². The Morgan fingerprint density at radius 2 is 2.24 bits per heavy atom. The molecule has 2 aromatic heterocycles. The second kappa shape index (κ2) is 6.00. The first-order chi connectivity index (χ1) is 9.85. The maximum absolute atomic E-state index is 12.3. The molecule has 0 radical (unpaired) electrons. The molecule has 114 valence electrons. The molecule has 21 heavy (non-hydrogen) atoms. The van der Waals surface area contributed by atoms with Gasteiger partial charge in [-0.3, -0.25) is 0 Å². The first-order valence-electron chi connectivity index (χ1n) is 6.34. The van der Waals surface area contributed by atoms with E-state index in [4.69, 9.17) is 5.11 Å². The van der Waals surface area contributed by atoms with Crippen molar-refractivity contribution in [3.8, 4) is 0 Å². The number of aromatic nitrogens is 1. The van der Waals surface area contributed by atoms with Crippen molar-refractivity contribution in [1.82, 2.24) is 9.29 Å². The van der Waals surface area contributed by atoms with Crippen molar-refractivity contribution in [2.24, 2.45) is 0 Å². The number of hydrogen-bond acceptors (Lipinski definition) is 4. The van der Waals surface area contributed by atoms with Gasteiger partial charge in [-0.15, -0.1) is 11.3 Å². The molecule has 0 saturated carbocycles. The molecular weight excluding hydrogens is 312 g/mol. The van der Waals surface area contributed by atoms with Gasteiger partial charge in [-0.1, -0.05) is 6.07 Å². The quantitative estimate of drug-likeness (QED) is 0.851. The third-order valence-electron chi connectivity index (χ3n) is 3.04. The summed E-state index contributed by atoms with van der Waals surface area (Å²) in [6.07, 6.45) is 1.34. The van der Waals surface area contributed by atoms with E-state index in [1.165, 1.54) is 28.2 Å². The van der Waals surface area contributed by atoms with Crippen LogP contribution >= 0.6 is 11.3 Å². The second-order valence-electron chi connectivity index (χ2n) is 4.51. The average Bonchev–Trinajstić information content (AvgIpc) is 3.07. The summed E-state index contributed by atoms with van der Waals surface area (Å²) in [7, 11) is -3.76. The molecule has 0 aliphatic rings. The molecule has 8 heteroatoms. The number of hydrogen-bond donors (Lipinski definition) is 2. The lowest BCUT2D eigenvalue weighted by Gasteiger charge is -2.11. The lowest BCUT2D eigenvalue weighted by Crippen LogP contribution is -2.26. The maximum Gasteiger partial charge on any atom is 0.352 e. The van der Waals surface area contributed by atoms with Crippen molar-refractivity contribution in [3.05, 3.63) is 40.3 Å². The van der Waals surface area contributed by atoms with Crippen LogP contribution in [0.2, 0.25) is 0 Å². The fraction of sp³-hybridized carbons (Fsp3) is 0.308. The third-order valence-corrected chi connectivity index (χ3v) is 5.61. The van der Waals surface area contributed by atoms with Gasteiger partial charge in [-0.05, 0) is 31.4 Å². The summed E-state index contributed by atoms with van der Waals surface area (Å²) in [5.74, 6) is -1.15. The van der Waals surface area contributed by atoms with Gasteiger partial charge in [0.15, 0.2) is 0 Å². The summed E-state index contributed by atoms with van der Waals surface area (Å²) in [5, 5.41) is 10.9. The molecule has 0 spiro atoms. The van der Waals surface area contributed by atoms with E-state index in [-0.39, 0.29) is 16.6 Å². The van der Waals surface area contributed by atoms with Crippen LogP contribution in [0.15, 0.2) is 34.7 Å². The highest BCUT2D eigenvalue weighted by Gasteiger charge is 2.23. The van der Waals surface area contributed by atoms with E-state index in [9.17, 15) is 13.2 Å². The number of thiophene rings is 1. The summed E-state index contributed by atoms with van der Waals surface area (Å²) in [5.41, 5.74) is -0.0401. The molecule has 0 amide bonds. The Labute approximate surface area is 127 Å². The van der Waals surface area contributed by atoms with E-state index in [0.29, 0.717) is 6.54 Å². The second-order valence-corrected chi connectivity index (χ2v) is 7.20. The molecular formula is C13H16N2O4S2. The summed E-state index contributed by atoms with van der Waals surface area (Å²) in [4.78, 5) is 12.0. The number of carboxylic acid groups (broad SMARTS) is 1. The van der Waals surface area contributed by atoms with Gasteiger partial charge in [-0.25, -0.2) is 17.9 Å². The molecule has 0 unspecified atom stereocenters. The number of aromatic carboxylic acids is 1. The Balaban J connectivity index is 2.29. The van der Waals surface area contributed by atoms with Crippen molar-refractivity contribution in [3.63, 3.8) is 0 Å². The lowest BCUT2D eigenvalue weighted by molar-refractivity contribution is 0.0685. The van der Waals surface area contributed by atoms with Gasteiger partial charge < -0.3 is 9.67 Å². The first-order valence-corrected chi connectivity index (χ1v) is 8.70. The first kappa shape index (κ1) is 15.7. The van der Waals surface area contributed by atoms with Gasteiger partial charge in [0.05, 0.1) is 6.04 Å². The largest absolute Gasteiger partial charge is 0.477 e. The third kappa shape index (κ3) is 3.34. The van der Waals surface area contributed by atoms with Crippen LogP contribution < -0.4 is 4.72 Å². The number of aryl methyl sites for hydroxylation is 1. The summed E-state index contributed by atoms with van der Waals surface area (Å²) in [6.45, 7) is 3.89. The number of carboxylic acids is 1. The standard InChI is InChI=1S/C13H16N2O4S2/c1-3-15-8-10(7-11(15)13(16)17)21(18,19)14-9(2)12-5-4-6-20-12/h4-9,14H,3H2,1-2H3,(H,16,17)/t9-/m1/s1. The Morgan fingerprint density at radius 3 is 2.71 bits per heavy atom. The topological polar surface area (TPSA) is 88.4 Å².